The summed E-state index contributed by atoms with van der Waals surface area (Å²) in [6.45, 7) is 4.04. The number of aryl methyl sites for hydroxylation is 2. The van der Waals surface area contributed by atoms with Crippen LogP contribution in [0.1, 0.15) is 47.2 Å². The summed E-state index contributed by atoms with van der Waals surface area (Å²) in [4.78, 5) is 22.8. The predicted molar refractivity (Wildman–Crippen MR) is 118 cm³/mol. The van der Waals surface area contributed by atoms with E-state index in [2.05, 4.69) is 20.2 Å². The third-order valence-electron chi connectivity index (χ3n) is 5.01. The summed E-state index contributed by atoms with van der Waals surface area (Å²) in [5, 5.41) is 13.2. The minimum Gasteiger partial charge on any atom is -0.386 e. The first-order chi connectivity index (χ1) is 14.8. The van der Waals surface area contributed by atoms with Gasteiger partial charge in [0, 0.05) is 30.1 Å². The third-order valence-corrected chi connectivity index (χ3v) is 5.89. The zero-order valence-corrected chi connectivity index (χ0v) is 19.4. The Hall–Kier alpha value is -2.50. The summed E-state index contributed by atoms with van der Waals surface area (Å²) in [7, 11) is 5.87. The molecule has 3 rings (SSSR count). The molecule has 0 radical (unpaired) electrons. The summed E-state index contributed by atoms with van der Waals surface area (Å²) in [6.07, 6.45) is -2.95. The van der Waals surface area contributed by atoms with E-state index < -0.39 is 22.7 Å². The molecule has 1 aromatic carbocycles. The number of thiazole rings is 1. The van der Waals surface area contributed by atoms with Crippen LogP contribution in [0.3, 0.4) is 0 Å². The van der Waals surface area contributed by atoms with E-state index in [1.54, 1.807) is 26.0 Å². The fourth-order valence-electron chi connectivity index (χ4n) is 3.37. The minimum absolute atomic E-state index is 0.291. The maximum absolute atomic E-state index is 12.8. The van der Waals surface area contributed by atoms with Crippen LogP contribution < -0.4 is 5.32 Å². The van der Waals surface area contributed by atoms with Crippen molar-refractivity contribution in [2.75, 3.05) is 26.0 Å². The Morgan fingerprint density at radius 1 is 1.25 bits per heavy atom. The number of hydrogen-bond donors (Lipinski definition) is 2. The lowest BCUT2D eigenvalue weighted by Crippen LogP contribution is -2.21. The van der Waals surface area contributed by atoms with Crippen molar-refractivity contribution >= 4 is 34.0 Å². The fourth-order valence-corrected chi connectivity index (χ4v) is 4.04. The number of carbonyl (C=O) groups is 1. The summed E-state index contributed by atoms with van der Waals surface area (Å²) < 4.78 is 40.4. The van der Waals surface area contributed by atoms with Gasteiger partial charge in [-0.3, -0.25) is 4.79 Å². The van der Waals surface area contributed by atoms with Gasteiger partial charge in [-0.2, -0.15) is 13.2 Å². The number of anilines is 1. The summed E-state index contributed by atoms with van der Waals surface area (Å²) in [5.74, 6) is 0.0799. The van der Waals surface area contributed by atoms with Crippen LogP contribution >= 0.6 is 11.3 Å². The van der Waals surface area contributed by atoms with E-state index in [0.717, 1.165) is 36.1 Å². The molecule has 0 saturated carbocycles. The molecular weight excluding hydrogens is 443 g/mol. The van der Waals surface area contributed by atoms with Gasteiger partial charge in [0.2, 0.25) is 0 Å². The Morgan fingerprint density at radius 2 is 1.94 bits per heavy atom. The van der Waals surface area contributed by atoms with Gasteiger partial charge in [0.1, 0.15) is 11.5 Å². The summed E-state index contributed by atoms with van der Waals surface area (Å²) in [5.41, 5.74) is 0.442. The van der Waals surface area contributed by atoms with Crippen molar-refractivity contribution in [2.45, 2.75) is 38.5 Å². The number of aromatic nitrogens is 3. The molecule has 1 amide bonds. The number of imidazole rings is 1. The van der Waals surface area contributed by atoms with Gasteiger partial charge in [-0.25, -0.2) is 9.97 Å². The van der Waals surface area contributed by atoms with E-state index in [4.69, 9.17) is 0 Å². The smallest absolute Gasteiger partial charge is 0.386 e. The van der Waals surface area contributed by atoms with Crippen molar-refractivity contribution in [1.29, 1.82) is 0 Å². The lowest BCUT2D eigenvalue weighted by molar-refractivity contribution is -0.137. The van der Waals surface area contributed by atoms with Gasteiger partial charge in [-0.05, 0) is 53.0 Å². The summed E-state index contributed by atoms with van der Waals surface area (Å²) >= 11 is 0.359. The van der Waals surface area contributed by atoms with Crippen LogP contribution in [0.5, 0.6) is 0 Å². The zero-order chi connectivity index (χ0) is 23.8. The lowest BCUT2D eigenvalue weighted by atomic mass is 9.95. The first-order valence-electron chi connectivity index (χ1n) is 9.98. The molecule has 2 aromatic heterocycles. The van der Waals surface area contributed by atoms with Crippen LogP contribution in [0.15, 0.2) is 17.5 Å². The molecule has 2 N–H and O–H groups in total. The molecule has 0 aliphatic heterocycles. The second kappa shape index (κ2) is 8.80. The van der Waals surface area contributed by atoms with Crippen LogP contribution in [0.2, 0.25) is 0 Å². The molecule has 0 aliphatic carbocycles. The Bertz CT molecular complexity index is 1130. The standard InChI is InChI=1S/C21H26F3N5O2S/c1-20(2,31)12-9-14-16(29(5)17(25-14)7-6-8-28(3)4)10-13(12)26-18(30)15-11-32-19(27-15)21(22,23)24/h9-11,31H,6-8H2,1-5H3,(H,26,30). The van der Waals surface area contributed by atoms with E-state index in [0.29, 0.717) is 28.1 Å². The SMILES string of the molecule is CN(C)CCCc1nc2cc(C(C)(C)O)c(NC(=O)c3csc(C(F)(F)F)n3)cc2n1C. The first-order valence-corrected chi connectivity index (χ1v) is 10.9. The average molecular weight is 470 g/mol. The number of fused-ring (bicyclic) bond motifs is 1. The average Bonchev–Trinajstić information content (AvgIpc) is 3.26. The molecule has 2 heterocycles. The highest BCUT2D eigenvalue weighted by molar-refractivity contribution is 7.10. The molecule has 11 heteroatoms. The van der Waals surface area contributed by atoms with Crippen LogP contribution in [0.25, 0.3) is 11.0 Å². The number of alkyl halides is 3. The van der Waals surface area contributed by atoms with Crippen LogP contribution in [-0.2, 0) is 25.2 Å². The Kier molecular flexibility index (Phi) is 6.64. The molecule has 7 nitrogen and oxygen atoms in total. The Labute approximate surface area is 187 Å². The maximum Gasteiger partial charge on any atom is 0.443 e. The monoisotopic (exact) mass is 469 g/mol. The maximum atomic E-state index is 12.8. The van der Waals surface area contributed by atoms with Gasteiger partial charge in [-0.15, -0.1) is 11.3 Å². The predicted octanol–water partition coefficient (Wildman–Crippen LogP) is 4.02. The van der Waals surface area contributed by atoms with E-state index in [9.17, 15) is 23.1 Å². The van der Waals surface area contributed by atoms with Crippen molar-refractivity contribution < 1.29 is 23.1 Å². The number of nitrogens with zero attached hydrogens (tertiary/aromatic N) is 4. The van der Waals surface area contributed by atoms with Gasteiger partial charge in [0.25, 0.3) is 5.91 Å². The van der Waals surface area contributed by atoms with E-state index in [1.165, 1.54) is 0 Å². The number of carbonyl (C=O) groups excluding carboxylic acids is 1. The van der Waals surface area contributed by atoms with E-state index in [1.807, 2.05) is 25.7 Å². The van der Waals surface area contributed by atoms with E-state index in [-0.39, 0.29) is 5.69 Å². The van der Waals surface area contributed by atoms with Crippen LogP contribution in [0, 0.1) is 0 Å². The van der Waals surface area contributed by atoms with Crippen molar-refractivity contribution in [2.24, 2.45) is 7.05 Å². The van der Waals surface area contributed by atoms with Crippen LogP contribution in [0.4, 0.5) is 18.9 Å². The van der Waals surface area contributed by atoms with Gasteiger partial charge in [0.15, 0.2) is 5.01 Å². The van der Waals surface area contributed by atoms with Gasteiger partial charge < -0.3 is 19.9 Å². The highest BCUT2D eigenvalue weighted by Crippen LogP contribution is 2.34. The number of rotatable bonds is 7. The molecule has 0 aliphatic rings. The fraction of sp³-hybridized carbons (Fsp3) is 0.476. The van der Waals surface area contributed by atoms with E-state index >= 15 is 0 Å². The molecule has 174 valence electrons. The molecule has 3 aromatic rings. The molecule has 0 bridgehead atoms. The number of hydrogen-bond acceptors (Lipinski definition) is 6. The number of nitrogens with one attached hydrogen (secondary N) is 1. The van der Waals surface area contributed by atoms with Gasteiger partial charge in [-0.1, -0.05) is 0 Å². The molecule has 0 spiro atoms. The largest absolute Gasteiger partial charge is 0.443 e. The quantitative estimate of drug-likeness (QED) is 0.546. The minimum atomic E-state index is -4.61. The molecule has 0 atom stereocenters. The van der Waals surface area contributed by atoms with Crippen molar-refractivity contribution in [3.05, 3.63) is 39.6 Å². The van der Waals surface area contributed by atoms with Gasteiger partial charge in [0.05, 0.1) is 16.6 Å². The molecule has 32 heavy (non-hydrogen) atoms. The van der Waals surface area contributed by atoms with Crippen LogP contribution in [-0.4, -0.2) is 51.1 Å². The number of halogens is 3. The normalized spacial score (nSPS) is 12.7. The molecule has 0 fully saturated rings. The third kappa shape index (κ3) is 5.28. The molecule has 0 unspecified atom stereocenters. The van der Waals surface area contributed by atoms with Crippen molar-refractivity contribution in [1.82, 2.24) is 19.4 Å². The topological polar surface area (TPSA) is 83.3 Å². The van der Waals surface area contributed by atoms with Crippen molar-refractivity contribution in [3.8, 4) is 0 Å². The molecular formula is C21H26F3N5O2S. The Morgan fingerprint density at radius 3 is 2.50 bits per heavy atom. The number of amides is 1. The lowest BCUT2D eigenvalue weighted by Gasteiger charge is -2.22. The summed E-state index contributed by atoms with van der Waals surface area (Å²) in [6, 6.07) is 3.38. The first kappa shape index (κ1) is 24.1. The van der Waals surface area contributed by atoms with Crippen molar-refractivity contribution in [3.63, 3.8) is 0 Å². The second-order valence-electron chi connectivity index (χ2n) is 8.43. The highest BCUT2D eigenvalue weighted by atomic mass is 32.1. The highest BCUT2D eigenvalue weighted by Gasteiger charge is 2.35. The number of benzene rings is 1. The van der Waals surface area contributed by atoms with Gasteiger partial charge >= 0.3 is 6.18 Å². The molecule has 0 saturated heterocycles. The Balaban J connectivity index is 1.96. The second-order valence-corrected chi connectivity index (χ2v) is 9.29. The number of aliphatic hydroxyl groups is 1. The zero-order valence-electron chi connectivity index (χ0n) is 18.5.